The summed E-state index contributed by atoms with van der Waals surface area (Å²) in [5.74, 6) is 0. The predicted molar refractivity (Wildman–Crippen MR) is 80.6 cm³/mol. The molecule has 21 heavy (non-hydrogen) atoms. The normalized spacial score (nSPS) is 11.5. The summed E-state index contributed by atoms with van der Waals surface area (Å²) in [4.78, 5) is 9.91. The lowest BCUT2D eigenvalue weighted by molar-refractivity contribution is -0.383. The van der Waals surface area contributed by atoms with Gasteiger partial charge in [-0.05, 0) is 40.9 Å². The minimum Gasteiger partial charge on any atom is -0.393 e. The number of hydrogen-bond donors (Lipinski definition) is 2. The Morgan fingerprint density at radius 1 is 1.38 bits per heavy atom. The van der Waals surface area contributed by atoms with Crippen molar-refractivity contribution >= 4 is 32.7 Å². The Bertz CT molecular complexity index is 784. The molecule has 0 fully saturated rings. The molecule has 0 atom stereocenters. The summed E-state index contributed by atoms with van der Waals surface area (Å²) in [5, 5.41) is 14.5. The third kappa shape index (κ3) is 3.38. The molecule has 7 nitrogen and oxygen atoms in total. The zero-order valence-corrected chi connectivity index (χ0v) is 12.7. The van der Waals surface area contributed by atoms with E-state index in [0.717, 1.165) is 29.3 Å². The Morgan fingerprint density at radius 2 is 2.10 bits per heavy atom. The molecule has 0 aliphatic rings. The highest BCUT2D eigenvalue weighted by Crippen LogP contribution is 2.24. The van der Waals surface area contributed by atoms with E-state index in [1.165, 1.54) is 11.3 Å². The van der Waals surface area contributed by atoms with Gasteiger partial charge in [0.2, 0.25) is 10.0 Å². The Balaban J connectivity index is 2.22. The molecular formula is C12H13N3O4S2. The first-order chi connectivity index (χ1) is 9.81. The maximum Gasteiger partial charge on any atom is 0.292 e. The fourth-order valence-corrected chi connectivity index (χ4v) is 3.59. The van der Waals surface area contributed by atoms with E-state index in [1.807, 2.05) is 17.7 Å². The standard InChI is InChI=1S/C12H13N3O4S2/c1-8-6-20-7-9(8)5-14-21(18,19)10-2-3-12(15(16)17)11(13)4-10/h2-4,6-7,14H,5,13H2,1H3. The molecule has 1 heterocycles. The number of sulfonamides is 1. The Hall–Kier alpha value is -1.97. The van der Waals surface area contributed by atoms with Crippen LogP contribution in [0.2, 0.25) is 0 Å². The van der Waals surface area contributed by atoms with Crippen LogP contribution in [0.4, 0.5) is 11.4 Å². The van der Waals surface area contributed by atoms with Crippen LogP contribution in [0.5, 0.6) is 0 Å². The van der Waals surface area contributed by atoms with E-state index in [1.54, 1.807) is 0 Å². The van der Waals surface area contributed by atoms with Crippen molar-refractivity contribution in [2.75, 3.05) is 5.73 Å². The van der Waals surface area contributed by atoms with Crippen LogP contribution in [-0.4, -0.2) is 13.3 Å². The van der Waals surface area contributed by atoms with Crippen LogP contribution < -0.4 is 10.5 Å². The topological polar surface area (TPSA) is 115 Å². The number of thiophene rings is 1. The summed E-state index contributed by atoms with van der Waals surface area (Å²) in [5.41, 5.74) is 6.89. The molecule has 3 N–H and O–H groups in total. The molecule has 0 saturated carbocycles. The molecule has 0 amide bonds. The van der Waals surface area contributed by atoms with Crippen LogP contribution in [0.15, 0.2) is 33.9 Å². The van der Waals surface area contributed by atoms with Gasteiger partial charge < -0.3 is 5.73 Å². The number of rotatable bonds is 5. The molecule has 0 saturated heterocycles. The van der Waals surface area contributed by atoms with Crippen molar-refractivity contribution in [2.45, 2.75) is 18.4 Å². The van der Waals surface area contributed by atoms with Crippen molar-refractivity contribution in [3.63, 3.8) is 0 Å². The number of nitrogens with one attached hydrogen (secondary N) is 1. The molecule has 1 aromatic heterocycles. The Labute approximate surface area is 125 Å². The van der Waals surface area contributed by atoms with Crippen molar-refractivity contribution < 1.29 is 13.3 Å². The van der Waals surface area contributed by atoms with Crippen LogP contribution in [0.25, 0.3) is 0 Å². The second-order valence-electron chi connectivity index (χ2n) is 4.38. The lowest BCUT2D eigenvalue weighted by Gasteiger charge is -2.07. The number of anilines is 1. The maximum atomic E-state index is 12.1. The Morgan fingerprint density at radius 3 is 2.62 bits per heavy atom. The summed E-state index contributed by atoms with van der Waals surface area (Å²) in [6.45, 7) is 2.05. The van der Waals surface area contributed by atoms with Crippen molar-refractivity contribution in [1.82, 2.24) is 4.72 Å². The van der Waals surface area contributed by atoms with Gasteiger partial charge >= 0.3 is 0 Å². The highest BCUT2D eigenvalue weighted by molar-refractivity contribution is 7.89. The fourth-order valence-electron chi connectivity index (χ4n) is 1.69. The fraction of sp³-hybridized carbons (Fsp3) is 0.167. The number of hydrogen-bond acceptors (Lipinski definition) is 6. The van der Waals surface area contributed by atoms with Gasteiger partial charge in [0.25, 0.3) is 5.69 Å². The Kier molecular flexibility index (Phi) is 4.26. The van der Waals surface area contributed by atoms with E-state index in [-0.39, 0.29) is 22.8 Å². The van der Waals surface area contributed by atoms with Crippen molar-refractivity contribution in [2.24, 2.45) is 0 Å². The quantitative estimate of drug-likeness (QED) is 0.495. The zero-order chi connectivity index (χ0) is 15.6. The minimum absolute atomic E-state index is 0.0986. The SMILES string of the molecule is Cc1cscc1CNS(=O)(=O)c1ccc([N+](=O)[O-])c(N)c1. The molecule has 0 bridgehead atoms. The van der Waals surface area contributed by atoms with E-state index in [4.69, 9.17) is 5.73 Å². The first-order valence-corrected chi connectivity index (χ1v) is 8.29. The summed E-state index contributed by atoms with van der Waals surface area (Å²) < 4.78 is 26.7. The van der Waals surface area contributed by atoms with Crippen LogP contribution >= 0.6 is 11.3 Å². The third-order valence-corrected chi connectivity index (χ3v) is 5.23. The van der Waals surface area contributed by atoms with Crippen molar-refractivity contribution in [3.05, 3.63) is 50.2 Å². The number of benzene rings is 1. The molecule has 2 aromatic rings. The summed E-state index contributed by atoms with van der Waals surface area (Å²) >= 11 is 1.49. The number of nitro benzene ring substituents is 1. The first kappa shape index (κ1) is 15.4. The lowest BCUT2D eigenvalue weighted by Crippen LogP contribution is -2.23. The van der Waals surface area contributed by atoms with Gasteiger partial charge in [0, 0.05) is 12.6 Å². The van der Waals surface area contributed by atoms with E-state index >= 15 is 0 Å². The number of aryl methyl sites for hydroxylation is 1. The number of nitrogens with zero attached hydrogens (tertiary/aromatic N) is 1. The van der Waals surface area contributed by atoms with Crippen LogP contribution in [0.3, 0.4) is 0 Å². The zero-order valence-electron chi connectivity index (χ0n) is 11.1. The lowest BCUT2D eigenvalue weighted by atomic mass is 10.2. The van der Waals surface area contributed by atoms with Gasteiger partial charge in [-0.15, -0.1) is 0 Å². The third-order valence-electron chi connectivity index (χ3n) is 2.92. The van der Waals surface area contributed by atoms with E-state index < -0.39 is 14.9 Å². The molecule has 0 aliphatic heterocycles. The largest absolute Gasteiger partial charge is 0.393 e. The summed E-state index contributed by atoms with van der Waals surface area (Å²) in [6, 6.07) is 3.33. The molecule has 0 spiro atoms. The molecule has 0 unspecified atom stereocenters. The molecule has 0 aliphatic carbocycles. The van der Waals surface area contributed by atoms with Crippen LogP contribution in [-0.2, 0) is 16.6 Å². The monoisotopic (exact) mass is 327 g/mol. The molecule has 9 heteroatoms. The molecule has 2 rings (SSSR count). The summed E-state index contributed by atoms with van der Waals surface area (Å²) in [7, 11) is -3.77. The van der Waals surface area contributed by atoms with Crippen molar-refractivity contribution in [1.29, 1.82) is 0 Å². The van der Waals surface area contributed by atoms with E-state index in [9.17, 15) is 18.5 Å². The van der Waals surface area contributed by atoms with Gasteiger partial charge in [0.05, 0.1) is 9.82 Å². The predicted octanol–water partition coefficient (Wildman–Crippen LogP) is 2.03. The second kappa shape index (κ2) is 5.80. The average Bonchev–Trinajstić information content (AvgIpc) is 2.81. The first-order valence-electron chi connectivity index (χ1n) is 5.86. The van der Waals surface area contributed by atoms with Gasteiger partial charge in [-0.1, -0.05) is 0 Å². The number of nitro groups is 1. The molecule has 112 valence electrons. The van der Waals surface area contributed by atoms with Gasteiger partial charge in [-0.3, -0.25) is 10.1 Å². The highest BCUT2D eigenvalue weighted by atomic mass is 32.2. The minimum atomic E-state index is -3.77. The van der Waals surface area contributed by atoms with Gasteiger partial charge in [-0.2, -0.15) is 11.3 Å². The average molecular weight is 327 g/mol. The van der Waals surface area contributed by atoms with E-state index in [2.05, 4.69) is 4.72 Å². The van der Waals surface area contributed by atoms with Gasteiger partial charge in [0.1, 0.15) is 5.69 Å². The molecular weight excluding hydrogens is 314 g/mol. The number of nitrogens with two attached hydrogens (primary N) is 1. The maximum absolute atomic E-state index is 12.1. The number of nitrogen functional groups attached to an aromatic ring is 1. The molecule has 1 aromatic carbocycles. The van der Waals surface area contributed by atoms with Crippen LogP contribution in [0, 0.1) is 17.0 Å². The summed E-state index contributed by atoms with van der Waals surface area (Å²) in [6.07, 6.45) is 0. The van der Waals surface area contributed by atoms with E-state index in [0.29, 0.717) is 0 Å². The second-order valence-corrected chi connectivity index (χ2v) is 6.89. The van der Waals surface area contributed by atoms with Gasteiger partial charge in [-0.25, -0.2) is 13.1 Å². The highest BCUT2D eigenvalue weighted by Gasteiger charge is 2.19. The smallest absolute Gasteiger partial charge is 0.292 e. The van der Waals surface area contributed by atoms with Crippen LogP contribution in [0.1, 0.15) is 11.1 Å². The molecule has 0 radical (unpaired) electrons. The van der Waals surface area contributed by atoms with Gasteiger partial charge in [0.15, 0.2) is 0 Å². The van der Waals surface area contributed by atoms with Crippen molar-refractivity contribution in [3.8, 4) is 0 Å².